The number of urea groups is 1. The highest BCUT2D eigenvalue weighted by Crippen LogP contribution is 2.20. The summed E-state index contributed by atoms with van der Waals surface area (Å²) in [5, 5.41) is 8.67. The lowest BCUT2D eigenvalue weighted by Gasteiger charge is -2.13. The molecular formula is C16H21N3O2S. The van der Waals surface area contributed by atoms with E-state index < -0.39 is 0 Å². The summed E-state index contributed by atoms with van der Waals surface area (Å²) >= 11 is 1.60. The first-order valence-corrected chi connectivity index (χ1v) is 8.05. The van der Waals surface area contributed by atoms with Gasteiger partial charge in [0.05, 0.1) is 11.1 Å². The smallest absolute Gasteiger partial charge is 0.319 e. The lowest BCUT2D eigenvalue weighted by atomic mass is 10.1. The van der Waals surface area contributed by atoms with Crippen LogP contribution >= 0.6 is 11.3 Å². The van der Waals surface area contributed by atoms with Gasteiger partial charge in [-0.05, 0) is 24.6 Å². The fourth-order valence-corrected chi connectivity index (χ4v) is 2.69. The first-order valence-electron chi connectivity index (χ1n) is 7.17. The minimum atomic E-state index is -0.217. The average molecular weight is 319 g/mol. The van der Waals surface area contributed by atoms with E-state index >= 15 is 0 Å². The summed E-state index contributed by atoms with van der Waals surface area (Å²) in [5.74, 6) is 0.200. The van der Waals surface area contributed by atoms with Crippen molar-refractivity contribution in [3.05, 3.63) is 46.4 Å². The molecule has 0 spiro atoms. The molecule has 0 saturated carbocycles. The van der Waals surface area contributed by atoms with Crippen molar-refractivity contribution in [3.8, 4) is 0 Å². The number of hydrogen-bond donors (Lipinski definition) is 2. The predicted molar refractivity (Wildman–Crippen MR) is 89.4 cm³/mol. The number of hydrogen-bond acceptors (Lipinski definition) is 4. The Balaban J connectivity index is 1.87. The second-order valence-corrected chi connectivity index (χ2v) is 6.04. The van der Waals surface area contributed by atoms with Crippen LogP contribution in [0.5, 0.6) is 0 Å². The average Bonchev–Trinajstić information content (AvgIpc) is 3.06. The van der Waals surface area contributed by atoms with Crippen molar-refractivity contribution >= 4 is 23.1 Å². The van der Waals surface area contributed by atoms with Crippen LogP contribution in [-0.2, 0) is 4.74 Å². The van der Waals surface area contributed by atoms with Crippen LogP contribution in [-0.4, -0.2) is 24.7 Å². The van der Waals surface area contributed by atoms with E-state index in [1.165, 1.54) is 0 Å². The van der Waals surface area contributed by atoms with E-state index in [0.717, 1.165) is 16.3 Å². The zero-order valence-electron chi connectivity index (χ0n) is 13.0. The predicted octanol–water partition coefficient (Wildman–Crippen LogP) is 3.78. The molecule has 2 rings (SSSR count). The van der Waals surface area contributed by atoms with Crippen molar-refractivity contribution in [1.82, 2.24) is 10.3 Å². The first-order chi connectivity index (χ1) is 10.6. The maximum absolute atomic E-state index is 12.0. The molecule has 0 bridgehead atoms. The first kappa shape index (κ1) is 16.5. The molecule has 1 heterocycles. The van der Waals surface area contributed by atoms with Gasteiger partial charge < -0.3 is 15.4 Å². The van der Waals surface area contributed by atoms with Gasteiger partial charge in [-0.1, -0.05) is 19.1 Å². The normalized spacial score (nSPS) is 13.4. The Morgan fingerprint density at radius 3 is 2.91 bits per heavy atom. The van der Waals surface area contributed by atoms with Crippen molar-refractivity contribution in [2.24, 2.45) is 0 Å². The number of aromatic nitrogens is 1. The second kappa shape index (κ2) is 7.91. The number of rotatable bonds is 6. The van der Waals surface area contributed by atoms with Gasteiger partial charge in [-0.15, -0.1) is 11.3 Å². The molecular weight excluding hydrogens is 298 g/mol. The van der Waals surface area contributed by atoms with Gasteiger partial charge in [0.2, 0.25) is 0 Å². The number of benzene rings is 1. The number of ether oxygens (including phenoxy) is 1. The molecule has 2 N–H and O–H groups in total. The van der Waals surface area contributed by atoms with E-state index in [1.807, 2.05) is 43.5 Å². The number of anilines is 1. The Kier molecular flexibility index (Phi) is 5.91. The fraction of sp³-hybridized carbons (Fsp3) is 0.375. The molecule has 0 fully saturated rings. The van der Waals surface area contributed by atoms with Crippen LogP contribution in [0.3, 0.4) is 0 Å². The van der Waals surface area contributed by atoms with E-state index in [4.69, 9.17) is 4.74 Å². The van der Waals surface area contributed by atoms with Crippen LogP contribution < -0.4 is 10.6 Å². The molecule has 1 aromatic heterocycles. The third-order valence-corrected chi connectivity index (χ3v) is 4.42. The van der Waals surface area contributed by atoms with Gasteiger partial charge in [0, 0.05) is 36.8 Å². The molecule has 2 amide bonds. The number of methoxy groups -OCH3 is 1. The zero-order chi connectivity index (χ0) is 15.9. The second-order valence-electron chi connectivity index (χ2n) is 5.11. The number of thiazole rings is 1. The lowest BCUT2D eigenvalue weighted by Crippen LogP contribution is -2.31. The highest BCUT2D eigenvalue weighted by atomic mass is 32.1. The Morgan fingerprint density at radius 2 is 2.23 bits per heavy atom. The molecule has 0 unspecified atom stereocenters. The summed E-state index contributed by atoms with van der Waals surface area (Å²) < 4.78 is 5.28. The third kappa shape index (κ3) is 4.54. The molecule has 0 radical (unpaired) electrons. The molecule has 2 atom stereocenters. The largest absolute Gasteiger partial charge is 0.377 e. The van der Waals surface area contributed by atoms with Crippen LogP contribution in [0.25, 0.3) is 0 Å². The van der Waals surface area contributed by atoms with Gasteiger partial charge in [0.15, 0.2) is 0 Å². The standard InChI is InChI=1S/C16H21N3O2S/c1-11(15-17-7-8-22-15)10-18-16(20)19-14-6-4-5-13(9-14)12(2)21-3/h4-9,11-12H,10H2,1-3H3,(H2,18,19,20)/t11-,12-/m1/s1. The Hall–Kier alpha value is -1.92. The van der Waals surface area contributed by atoms with Gasteiger partial charge in [-0.2, -0.15) is 0 Å². The molecule has 0 aliphatic heterocycles. The van der Waals surface area contributed by atoms with Gasteiger partial charge in [0.25, 0.3) is 0 Å². The topological polar surface area (TPSA) is 63.2 Å². The van der Waals surface area contributed by atoms with E-state index in [1.54, 1.807) is 24.6 Å². The highest BCUT2D eigenvalue weighted by Gasteiger charge is 2.10. The zero-order valence-corrected chi connectivity index (χ0v) is 13.8. The van der Waals surface area contributed by atoms with Gasteiger partial charge in [-0.25, -0.2) is 9.78 Å². The summed E-state index contributed by atoms with van der Waals surface area (Å²) in [5.41, 5.74) is 1.78. The molecule has 1 aromatic carbocycles. The van der Waals surface area contributed by atoms with E-state index in [0.29, 0.717) is 6.54 Å². The number of nitrogens with zero attached hydrogens (tertiary/aromatic N) is 1. The molecule has 0 aliphatic carbocycles. The molecule has 5 nitrogen and oxygen atoms in total. The van der Waals surface area contributed by atoms with Crippen molar-refractivity contribution in [1.29, 1.82) is 0 Å². The summed E-state index contributed by atoms with van der Waals surface area (Å²) in [6.07, 6.45) is 1.77. The van der Waals surface area contributed by atoms with Gasteiger partial charge in [0.1, 0.15) is 0 Å². The summed E-state index contributed by atoms with van der Waals surface area (Å²) in [6, 6.07) is 7.43. The van der Waals surface area contributed by atoms with Crippen LogP contribution in [0.15, 0.2) is 35.8 Å². The molecule has 0 aliphatic rings. The van der Waals surface area contributed by atoms with Gasteiger partial charge >= 0.3 is 6.03 Å². The van der Waals surface area contributed by atoms with E-state index in [-0.39, 0.29) is 18.1 Å². The third-order valence-electron chi connectivity index (χ3n) is 3.41. The van der Waals surface area contributed by atoms with Crippen LogP contribution in [0, 0.1) is 0 Å². The number of carbonyl (C=O) groups excluding carboxylic acids is 1. The maximum atomic E-state index is 12.0. The van der Waals surface area contributed by atoms with E-state index in [9.17, 15) is 4.79 Å². The van der Waals surface area contributed by atoms with Crippen molar-refractivity contribution in [2.45, 2.75) is 25.9 Å². The lowest BCUT2D eigenvalue weighted by molar-refractivity contribution is 0.119. The monoisotopic (exact) mass is 319 g/mol. The quantitative estimate of drug-likeness (QED) is 0.852. The van der Waals surface area contributed by atoms with Crippen LogP contribution in [0.4, 0.5) is 10.5 Å². The molecule has 118 valence electrons. The summed E-state index contributed by atoms with van der Waals surface area (Å²) in [7, 11) is 1.66. The van der Waals surface area contributed by atoms with E-state index in [2.05, 4.69) is 15.6 Å². The Morgan fingerprint density at radius 1 is 1.41 bits per heavy atom. The molecule has 22 heavy (non-hydrogen) atoms. The van der Waals surface area contributed by atoms with Crippen molar-refractivity contribution in [2.75, 3.05) is 19.0 Å². The van der Waals surface area contributed by atoms with Crippen LogP contribution in [0.2, 0.25) is 0 Å². The van der Waals surface area contributed by atoms with Gasteiger partial charge in [-0.3, -0.25) is 0 Å². The van der Waals surface area contributed by atoms with Crippen molar-refractivity contribution in [3.63, 3.8) is 0 Å². The summed E-state index contributed by atoms with van der Waals surface area (Å²) in [6.45, 7) is 4.56. The molecule has 0 saturated heterocycles. The highest BCUT2D eigenvalue weighted by molar-refractivity contribution is 7.09. The number of nitrogens with one attached hydrogen (secondary N) is 2. The minimum absolute atomic E-state index is 0.00487. The Bertz CT molecular complexity index is 601. The minimum Gasteiger partial charge on any atom is -0.377 e. The SMILES string of the molecule is CO[C@H](C)c1cccc(NC(=O)NC[C@@H](C)c2nccs2)c1. The van der Waals surface area contributed by atoms with Crippen molar-refractivity contribution < 1.29 is 9.53 Å². The number of carbonyl (C=O) groups is 1. The molecule has 6 heteroatoms. The fourth-order valence-electron chi connectivity index (χ4n) is 1.99. The maximum Gasteiger partial charge on any atom is 0.319 e. The van der Waals surface area contributed by atoms with Crippen LogP contribution in [0.1, 0.15) is 36.4 Å². The Labute approximate surface area is 134 Å². The summed E-state index contributed by atoms with van der Waals surface area (Å²) in [4.78, 5) is 16.2. The number of amides is 2. The molecule has 2 aromatic rings.